The molecule has 0 spiro atoms. The average molecular weight is 248 g/mol. The standard InChI is InChI=1S/C14H24N4/c1-4-8-15-13-12(5-2)14(17-10-16-13)18(3)9-11-6-7-11/h10-11H,4-9H2,1-3H3,(H,15,16,17). The minimum Gasteiger partial charge on any atom is -0.370 e. The van der Waals surface area contributed by atoms with E-state index in [1.807, 2.05) is 0 Å². The quantitative estimate of drug-likeness (QED) is 0.805. The topological polar surface area (TPSA) is 41.1 Å². The van der Waals surface area contributed by atoms with E-state index < -0.39 is 0 Å². The Morgan fingerprint density at radius 1 is 1.33 bits per heavy atom. The molecule has 0 bridgehead atoms. The summed E-state index contributed by atoms with van der Waals surface area (Å²) in [4.78, 5) is 11.1. The molecule has 1 saturated carbocycles. The van der Waals surface area contributed by atoms with Gasteiger partial charge in [-0.1, -0.05) is 13.8 Å². The molecule has 0 saturated heterocycles. The number of hydrogen-bond donors (Lipinski definition) is 1. The molecular weight excluding hydrogens is 224 g/mol. The lowest BCUT2D eigenvalue weighted by molar-refractivity contribution is 0.769. The van der Waals surface area contributed by atoms with Crippen molar-refractivity contribution in [3.63, 3.8) is 0 Å². The number of aromatic nitrogens is 2. The first kappa shape index (κ1) is 13.1. The lowest BCUT2D eigenvalue weighted by Crippen LogP contribution is -2.23. The second-order valence-corrected chi connectivity index (χ2v) is 5.13. The normalized spacial score (nSPS) is 14.6. The summed E-state index contributed by atoms with van der Waals surface area (Å²) in [5.41, 5.74) is 1.24. The Morgan fingerprint density at radius 2 is 2.11 bits per heavy atom. The van der Waals surface area contributed by atoms with Crippen molar-refractivity contribution >= 4 is 11.6 Å². The molecule has 100 valence electrons. The Hall–Kier alpha value is -1.32. The minimum atomic E-state index is 0.877. The molecular formula is C14H24N4. The van der Waals surface area contributed by atoms with Crippen LogP contribution in [0.2, 0.25) is 0 Å². The van der Waals surface area contributed by atoms with E-state index >= 15 is 0 Å². The van der Waals surface area contributed by atoms with Crippen molar-refractivity contribution in [1.82, 2.24) is 9.97 Å². The van der Waals surface area contributed by atoms with Crippen LogP contribution in [0.3, 0.4) is 0 Å². The monoisotopic (exact) mass is 248 g/mol. The molecule has 0 aromatic carbocycles. The predicted molar refractivity (Wildman–Crippen MR) is 76.2 cm³/mol. The van der Waals surface area contributed by atoms with Gasteiger partial charge in [-0.15, -0.1) is 0 Å². The molecule has 0 amide bonds. The van der Waals surface area contributed by atoms with Crippen LogP contribution in [0.1, 0.15) is 38.7 Å². The summed E-state index contributed by atoms with van der Waals surface area (Å²) in [6, 6.07) is 0. The number of anilines is 2. The summed E-state index contributed by atoms with van der Waals surface area (Å²) >= 11 is 0. The van der Waals surface area contributed by atoms with E-state index in [1.54, 1.807) is 6.33 Å². The van der Waals surface area contributed by atoms with Gasteiger partial charge < -0.3 is 10.2 Å². The van der Waals surface area contributed by atoms with Crippen LogP contribution < -0.4 is 10.2 Å². The van der Waals surface area contributed by atoms with Gasteiger partial charge in [-0.2, -0.15) is 0 Å². The highest BCUT2D eigenvalue weighted by Crippen LogP contribution is 2.32. The van der Waals surface area contributed by atoms with Crippen LogP contribution >= 0.6 is 0 Å². The van der Waals surface area contributed by atoms with Crippen molar-refractivity contribution in [1.29, 1.82) is 0 Å². The van der Waals surface area contributed by atoms with E-state index in [0.29, 0.717) is 0 Å². The zero-order valence-corrected chi connectivity index (χ0v) is 11.7. The first-order chi connectivity index (χ1) is 8.76. The van der Waals surface area contributed by atoms with Crippen molar-refractivity contribution in [3.8, 4) is 0 Å². The van der Waals surface area contributed by atoms with Gasteiger partial charge in [-0.05, 0) is 31.6 Å². The maximum atomic E-state index is 4.47. The Balaban J connectivity index is 2.16. The highest BCUT2D eigenvalue weighted by atomic mass is 15.2. The number of hydrogen-bond acceptors (Lipinski definition) is 4. The van der Waals surface area contributed by atoms with Gasteiger partial charge in [0.15, 0.2) is 0 Å². The van der Waals surface area contributed by atoms with Crippen molar-refractivity contribution in [2.24, 2.45) is 5.92 Å². The zero-order chi connectivity index (χ0) is 13.0. The number of rotatable bonds is 7. The Labute approximate surface area is 110 Å². The second kappa shape index (κ2) is 6.03. The Morgan fingerprint density at radius 3 is 2.72 bits per heavy atom. The fourth-order valence-electron chi connectivity index (χ4n) is 2.23. The summed E-state index contributed by atoms with van der Waals surface area (Å²) in [5.74, 6) is 2.98. The molecule has 0 unspecified atom stereocenters. The van der Waals surface area contributed by atoms with E-state index in [0.717, 1.165) is 43.5 Å². The summed E-state index contributed by atoms with van der Waals surface area (Å²) < 4.78 is 0. The smallest absolute Gasteiger partial charge is 0.137 e. The van der Waals surface area contributed by atoms with Gasteiger partial charge in [-0.3, -0.25) is 0 Å². The van der Waals surface area contributed by atoms with E-state index in [1.165, 1.54) is 18.4 Å². The van der Waals surface area contributed by atoms with Gasteiger partial charge in [0.1, 0.15) is 18.0 Å². The largest absolute Gasteiger partial charge is 0.370 e. The maximum absolute atomic E-state index is 4.47. The molecule has 0 atom stereocenters. The van der Waals surface area contributed by atoms with Crippen LogP contribution in [0.15, 0.2) is 6.33 Å². The van der Waals surface area contributed by atoms with Gasteiger partial charge in [0.2, 0.25) is 0 Å². The van der Waals surface area contributed by atoms with Crippen molar-refractivity contribution in [3.05, 3.63) is 11.9 Å². The molecule has 4 nitrogen and oxygen atoms in total. The molecule has 1 aromatic heterocycles. The van der Waals surface area contributed by atoms with Crippen LogP contribution in [-0.4, -0.2) is 30.1 Å². The first-order valence-electron chi connectivity index (χ1n) is 7.05. The van der Waals surface area contributed by atoms with Crippen molar-refractivity contribution < 1.29 is 0 Å². The SMILES string of the molecule is CCCNc1ncnc(N(C)CC2CC2)c1CC. The lowest BCUT2D eigenvalue weighted by atomic mass is 10.2. The summed E-state index contributed by atoms with van der Waals surface area (Å²) in [5, 5.41) is 3.40. The Kier molecular flexibility index (Phi) is 4.39. The van der Waals surface area contributed by atoms with Crippen LogP contribution in [-0.2, 0) is 6.42 Å². The van der Waals surface area contributed by atoms with Crippen LogP contribution in [0.25, 0.3) is 0 Å². The molecule has 1 heterocycles. The fourth-order valence-corrected chi connectivity index (χ4v) is 2.23. The third-order valence-electron chi connectivity index (χ3n) is 3.41. The van der Waals surface area contributed by atoms with Gasteiger partial charge >= 0.3 is 0 Å². The molecule has 0 radical (unpaired) electrons. The minimum absolute atomic E-state index is 0.877. The van der Waals surface area contributed by atoms with Gasteiger partial charge in [0, 0.05) is 25.7 Å². The van der Waals surface area contributed by atoms with Gasteiger partial charge in [0.05, 0.1) is 0 Å². The Bertz CT molecular complexity index is 387. The van der Waals surface area contributed by atoms with Crippen LogP contribution in [0.5, 0.6) is 0 Å². The predicted octanol–water partition coefficient (Wildman–Crippen LogP) is 2.71. The summed E-state index contributed by atoms with van der Waals surface area (Å²) in [6.07, 6.45) is 6.50. The molecule has 18 heavy (non-hydrogen) atoms. The van der Waals surface area contributed by atoms with Gasteiger partial charge in [-0.25, -0.2) is 9.97 Å². The highest BCUT2D eigenvalue weighted by Gasteiger charge is 2.24. The van der Waals surface area contributed by atoms with E-state index in [-0.39, 0.29) is 0 Å². The maximum Gasteiger partial charge on any atom is 0.137 e. The molecule has 1 fully saturated rings. The molecule has 2 rings (SSSR count). The van der Waals surface area contributed by atoms with Crippen molar-refractivity contribution in [2.75, 3.05) is 30.4 Å². The van der Waals surface area contributed by atoms with Crippen LogP contribution in [0, 0.1) is 5.92 Å². The molecule has 1 N–H and O–H groups in total. The van der Waals surface area contributed by atoms with E-state index in [9.17, 15) is 0 Å². The summed E-state index contributed by atoms with van der Waals surface area (Å²) in [6.45, 7) is 6.43. The lowest BCUT2D eigenvalue weighted by Gasteiger charge is -2.22. The van der Waals surface area contributed by atoms with Gasteiger partial charge in [0.25, 0.3) is 0 Å². The van der Waals surface area contributed by atoms with Crippen molar-refractivity contribution in [2.45, 2.75) is 39.5 Å². The second-order valence-electron chi connectivity index (χ2n) is 5.13. The summed E-state index contributed by atoms with van der Waals surface area (Å²) in [7, 11) is 2.14. The average Bonchev–Trinajstić information content (AvgIpc) is 3.19. The third kappa shape index (κ3) is 3.12. The molecule has 4 heteroatoms. The molecule has 1 aliphatic rings. The molecule has 1 aliphatic carbocycles. The van der Waals surface area contributed by atoms with Crippen LogP contribution in [0.4, 0.5) is 11.6 Å². The van der Waals surface area contributed by atoms with E-state index in [4.69, 9.17) is 0 Å². The number of nitrogens with one attached hydrogen (secondary N) is 1. The first-order valence-corrected chi connectivity index (χ1v) is 7.05. The zero-order valence-electron chi connectivity index (χ0n) is 11.7. The third-order valence-corrected chi connectivity index (χ3v) is 3.41. The molecule has 0 aliphatic heterocycles. The fraction of sp³-hybridized carbons (Fsp3) is 0.714. The number of nitrogens with zero attached hydrogens (tertiary/aromatic N) is 3. The van der Waals surface area contributed by atoms with E-state index in [2.05, 4.69) is 41.1 Å². The highest BCUT2D eigenvalue weighted by molar-refractivity contribution is 5.58. The molecule has 1 aromatic rings.